The summed E-state index contributed by atoms with van der Waals surface area (Å²) in [5, 5.41) is 11.3. The van der Waals surface area contributed by atoms with E-state index in [1.807, 2.05) is 12.1 Å². The normalized spacial score (nSPS) is 28.6. The molecule has 0 saturated heterocycles. The Balaban J connectivity index is 2.37. The van der Waals surface area contributed by atoms with Crippen molar-refractivity contribution in [3.8, 4) is 0 Å². The quantitative estimate of drug-likeness (QED) is 0.910. The van der Waals surface area contributed by atoms with E-state index in [2.05, 4.69) is 31.1 Å². The summed E-state index contributed by atoms with van der Waals surface area (Å²) in [5.41, 5.74) is 1.08. The molecule has 0 aromatic heterocycles. The van der Waals surface area contributed by atoms with Crippen molar-refractivity contribution in [2.75, 3.05) is 20.6 Å². The highest BCUT2D eigenvalue weighted by molar-refractivity contribution is 6.30. The number of aliphatic hydroxyl groups is 1. The molecule has 1 aliphatic carbocycles. The first-order valence-electron chi connectivity index (χ1n) is 6.63. The Labute approximate surface area is 115 Å². The number of likely N-dealkylation sites (N-methyl/N-ethyl adjacent to an activating group) is 1. The van der Waals surface area contributed by atoms with Gasteiger partial charge in [0.05, 0.1) is 6.10 Å². The highest BCUT2D eigenvalue weighted by atomic mass is 35.5. The Bertz CT molecular complexity index is 390. The fourth-order valence-corrected chi connectivity index (χ4v) is 3.31. The summed E-state index contributed by atoms with van der Waals surface area (Å²) in [7, 11) is 4.14. The zero-order chi connectivity index (χ0) is 13.2. The Morgan fingerprint density at radius 2 is 1.94 bits per heavy atom. The number of hydrogen-bond acceptors (Lipinski definition) is 2. The zero-order valence-corrected chi connectivity index (χ0v) is 12.0. The topological polar surface area (TPSA) is 23.5 Å². The average molecular weight is 268 g/mol. The van der Waals surface area contributed by atoms with Crippen LogP contribution in [0.2, 0.25) is 5.02 Å². The lowest BCUT2D eigenvalue weighted by molar-refractivity contribution is 0.0264. The summed E-state index contributed by atoms with van der Waals surface area (Å²) in [6, 6.07) is 7.99. The number of halogens is 1. The molecule has 1 aromatic rings. The second-order valence-electron chi connectivity index (χ2n) is 5.66. The Kier molecular flexibility index (Phi) is 4.31. The fraction of sp³-hybridized carbons (Fsp3) is 0.600. The number of aliphatic hydroxyl groups excluding tert-OH is 1. The molecule has 2 atom stereocenters. The van der Waals surface area contributed by atoms with Gasteiger partial charge in [0.25, 0.3) is 0 Å². The lowest BCUT2D eigenvalue weighted by Gasteiger charge is -2.43. The van der Waals surface area contributed by atoms with E-state index in [1.165, 1.54) is 12.0 Å². The standard InChI is InChI=1S/C15H22ClNO/c1-17(2)11-15(10-4-3-5-14(15)18)12-6-8-13(16)9-7-12/h6-9,14,18H,3-5,10-11H2,1-2H3/t14-,15+/m1/s1. The summed E-state index contributed by atoms with van der Waals surface area (Å²) in [6.07, 6.45) is 4.01. The zero-order valence-electron chi connectivity index (χ0n) is 11.2. The molecular weight excluding hydrogens is 246 g/mol. The molecule has 2 nitrogen and oxygen atoms in total. The minimum Gasteiger partial charge on any atom is -0.392 e. The number of hydrogen-bond donors (Lipinski definition) is 1. The smallest absolute Gasteiger partial charge is 0.0649 e. The van der Waals surface area contributed by atoms with E-state index in [0.717, 1.165) is 30.8 Å². The van der Waals surface area contributed by atoms with Crippen LogP contribution in [-0.4, -0.2) is 36.8 Å². The highest BCUT2D eigenvalue weighted by Gasteiger charge is 2.41. The molecule has 1 aromatic carbocycles. The second kappa shape index (κ2) is 5.60. The molecule has 0 amide bonds. The Hall–Kier alpha value is -0.570. The SMILES string of the molecule is CN(C)C[C@]1(c2ccc(Cl)cc2)CCCC[C@H]1O. The molecule has 0 aliphatic heterocycles. The fourth-order valence-electron chi connectivity index (χ4n) is 3.18. The molecule has 1 N–H and O–H groups in total. The van der Waals surface area contributed by atoms with Gasteiger partial charge in [-0.05, 0) is 44.6 Å². The maximum Gasteiger partial charge on any atom is 0.0649 e. The first-order valence-corrected chi connectivity index (χ1v) is 7.01. The Morgan fingerprint density at radius 1 is 1.28 bits per heavy atom. The van der Waals surface area contributed by atoms with E-state index < -0.39 is 0 Å². The van der Waals surface area contributed by atoms with E-state index in [9.17, 15) is 5.11 Å². The largest absolute Gasteiger partial charge is 0.392 e. The minimum absolute atomic E-state index is 0.133. The second-order valence-corrected chi connectivity index (χ2v) is 6.10. The van der Waals surface area contributed by atoms with Crippen molar-refractivity contribution in [2.24, 2.45) is 0 Å². The third kappa shape index (κ3) is 2.71. The van der Waals surface area contributed by atoms with Crippen LogP contribution >= 0.6 is 11.6 Å². The third-order valence-corrected chi connectivity index (χ3v) is 4.26. The van der Waals surface area contributed by atoms with Crippen LogP contribution in [0, 0.1) is 0 Å². The van der Waals surface area contributed by atoms with Gasteiger partial charge >= 0.3 is 0 Å². The lowest BCUT2D eigenvalue weighted by Crippen LogP contribution is -2.49. The van der Waals surface area contributed by atoms with Crippen LogP contribution in [-0.2, 0) is 5.41 Å². The van der Waals surface area contributed by atoms with Crippen molar-refractivity contribution in [3.63, 3.8) is 0 Å². The van der Waals surface area contributed by atoms with Gasteiger partial charge in [-0.1, -0.05) is 36.6 Å². The van der Waals surface area contributed by atoms with Gasteiger partial charge < -0.3 is 10.0 Å². The molecule has 1 aliphatic rings. The lowest BCUT2D eigenvalue weighted by atomic mass is 9.67. The molecule has 100 valence electrons. The molecule has 18 heavy (non-hydrogen) atoms. The molecule has 0 spiro atoms. The van der Waals surface area contributed by atoms with E-state index >= 15 is 0 Å². The van der Waals surface area contributed by atoms with Crippen LogP contribution in [0.15, 0.2) is 24.3 Å². The number of benzene rings is 1. The molecule has 1 saturated carbocycles. The molecule has 2 rings (SSSR count). The molecule has 0 unspecified atom stereocenters. The van der Waals surface area contributed by atoms with Gasteiger partial charge in [-0.3, -0.25) is 0 Å². The van der Waals surface area contributed by atoms with Gasteiger partial charge in [0.1, 0.15) is 0 Å². The van der Waals surface area contributed by atoms with E-state index in [-0.39, 0.29) is 11.5 Å². The van der Waals surface area contributed by atoms with Crippen molar-refractivity contribution in [2.45, 2.75) is 37.2 Å². The summed E-state index contributed by atoms with van der Waals surface area (Å²) in [6.45, 7) is 0.885. The van der Waals surface area contributed by atoms with Crippen LogP contribution in [0.1, 0.15) is 31.2 Å². The van der Waals surface area contributed by atoms with Crippen molar-refractivity contribution in [3.05, 3.63) is 34.9 Å². The van der Waals surface area contributed by atoms with Crippen LogP contribution in [0.5, 0.6) is 0 Å². The van der Waals surface area contributed by atoms with Gasteiger partial charge in [-0.2, -0.15) is 0 Å². The van der Waals surface area contributed by atoms with Gasteiger partial charge in [0.2, 0.25) is 0 Å². The van der Waals surface area contributed by atoms with Crippen LogP contribution in [0.3, 0.4) is 0 Å². The van der Waals surface area contributed by atoms with Crippen molar-refractivity contribution >= 4 is 11.6 Å². The van der Waals surface area contributed by atoms with Gasteiger partial charge in [-0.25, -0.2) is 0 Å². The van der Waals surface area contributed by atoms with E-state index in [1.54, 1.807) is 0 Å². The number of rotatable bonds is 3. The summed E-state index contributed by atoms with van der Waals surface area (Å²) < 4.78 is 0. The first-order chi connectivity index (χ1) is 8.54. The predicted octanol–water partition coefficient (Wildman–Crippen LogP) is 3.07. The average Bonchev–Trinajstić information content (AvgIpc) is 2.32. The molecule has 3 heteroatoms. The first kappa shape index (κ1) is 13.9. The van der Waals surface area contributed by atoms with Gasteiger partial charge in [0.15, 0.2) is 0 Å². The van der Waals surface area contributed by atoms with Crippen LogP contribution in [0.4, 0.5) is 0 Å². The van der Waals surface area contributed by atoms with E-state index in [4.69, 9.17) is 11.6 Å². The molecular formula is C15H22ClNO. The number of nitrogens with zero attached hydrogens (tertiary/aromatic N) is 1. The summed E-state index contributed by atoms with van der Waals surface area (Å²) >= 11 is 5.97. The van der Waals surface area contributed by atoms with Crippen LogP contribution < -0.4 is 0 Å². The maximum absolute atomic E-state index is 10.5. The van der Waals surface area contributed by atoms with Crippen molar-refractivity contribution in [1.82, 2.24) is 4.90 Å². The maximum atomic E-state index is 10.5. The third-order valence-electron chi connectivity index (χ3n) is 4.01. The van der Waals surface area contributed by atoms with E-state index in [0.29, 0.717) is 0 Å². The van der Waals surface area contributed by atoms with Gasteiger partial charge in [0, 0.05) is 17.0 Å². The van der Waals surface area contributed by atoms with Crippen molar-refractivity contribution in [1.29, 1.82) is 0 Å². The summed E-state index contributed by atoms with van der Waals surface area (Å²) in [4.78, 5) is 2.17. The van der Waals surface area contributed by atoms with Gasteiger partial charge in [-0.15, -0.1) is 0 Å². The predicted molar refractivity (Wildman–Crippen MR) is 76.2 cm³/mol. The molecule has 0 bridgehead atoms. The molecule has 0 heterocycles. The van der Waals surface area contributed by atoms with Crippen molar-refractivity contribution < 1.29 is 5.11 Å². The Morgan fingerprint density at radius 3 is 2.50 bits per heavy atom. The minimum atomic E-state index is -0.255. The highest BCUT2D eigenvalue weighted by Crippen LogP contribution is 2.40. The summed E-state index contributed by atoms with van der Waals surface area (Å²) in [5.74, 6) is 0. The van der Waals surface area contributed by atoms with Crippen LogP contribution in [0.25, 0.3) is 0 Å². The molecule has 1 fully saturated rings. The molecule has 0 radical (unpaired) electrons. The monoisotopic (exact) mass is 267 g/mol.